The van der Waals surface area contributed by atoms with E-state index < -0.39 is 0 Å². The molecule has 2 nitrogen and oxygen atoms in total. The lowest BCUT2D eigenvalue weighted by molar-refractivity contribution is 0.00620. The van der Waals surface area contributed by atoms with Crippen LogP contribution in [0.2, 0.25) is 0 Å². The summed E-state index contributed by atoms with van der Waals surface area (Å²) in [7, 11) is 1.81. The maximum absolute atomic E-state index is 5.54. The zero-order valence-corrected chi connectivity index (χ0v) is 12.6. The van der Waals surface area contributed by atoms with E-state index in [1.165, 1.54) is 38.5 Å². The zero-order valence-electron chi connectivity index (χ0n) is 12.6. The first-order valence-corrected chi connectivity index (χ1v) is 7.34. The first kappa shape index (κ1) is 16.9. The Labute approximate surface area is 109 Å². The molecule has 0 rings (SSSR count). The van der Waals surface area contributed by atoms with Crippen LogP contribution in [0.15, 0.2) is 0 Å². The molecule has 0 aliphatic heterocycles. The average molecular weight is 243 g/mol. The van der Waals surface area contributed by atoms with Gasteiger partial charge in [0.1, 0.15) is 0 Å². The van der Waals surface area contributed by atoms with Gasteiger partial charge in [-0.2, -0.15) is 0 Å². The summed E-state index contributed by atoms with van der Waals surface area (Å²) in [6.07, 6.45) is 9.00. The molecule has 0 aromatic rings. The maximum atomic E-state index is 5.54. The van der Waals surface area contributed by atoms with Crippen molar-refractivity contribution in [3.05, 3.63) is 0 Å². The number of rotatable bonds is 11. The summed E-state index contributed by atoms with van der Waals surface area (Å²) in [6.45, 7) is 9.97. The van der Waals surface area contributed by atoms with Crippen LogP contribution in [0.4, 0.5) is 0 Å². The molecule has 2 heteroatoms. The van der Waals surface area contributed by atoms with Crippen molar-refractivity contribution in [2.45, 2.75) is 84.3 Å². The first-order valence-electron chi connectivity index (χ1n) is 7.34. The van der Waals surface area contributed by atoms with Crippen molar-refractivity contribution >= 4 is 0 Å². The first-order chi connectivity index (χ1) is 8.05. The highest BCUT2D eigenvalue weighted by molar-refractivity contribution is 4.78. The second kappa shape index (κ2) is 9.90. The standard InChI is InChI=1S/C15H33NO/c1-6-8-9-10-11-14(16-12-7-2)13-15(3,4)17-5/h14,16H,6-13H2,1-5H3. The fraction of sp³-hybridized carbons (Fsp3) is 1.00. The summed E-state index contributed by atoms with van der Waals surface area (Å²) in [5, 5.41) is 3.66. The van der Waals surface area contributed by atoms with Gasteiger partial charge in [-0.1, -0.05) is 39.5 Å². The zero-order chi connectivity index (χ0) is 13.1. The Balaban J connectivity index is 3.95. The smallest absolute Gasteiger partial charge is 0.0637 e. The number of hydrogen-bond acceptors (Lipinski definition) is 2. The summed E-state index contributed by atoms with van der Waals surface area (Å²) < 4.78 is 5.54. The third kappa shape index (κ3) is 9.61. The molecule has 0 aliphatic rings. The van der Waals surface area contributed by atoms with E-state index >= 15 is 0 Å². The molecule has 0 fully saturated rings. The third-order valence-electron chi connectivity index (χ3n) is 3.38. The molecule has 0 aromatic heterocycles. The second-order valence-corrected chi connectivity index (χ2v) is 5.67. The van der Waals surface area contributed by atoms with Crippen molar-refractivity contribution in [2.24, 2.45) is 0 Å². The molecule has 0 aliphatic carbocycles. The van der Waals surface area contributed by atoms with Crippen LogP contribution in [0.5, 0.6) is 0 Å². The van der Waals surface area contributed by atoms with Gasteiger partial charge in [0.05, 0.1) is 5.60 Å². The Morgan fingerprint density at radius 1 is 1.06 bits per heavy atom. The fourth-order valence-corrected chi connectivity index (χ4v) is 2.12. The van der Waals surface area contributed by atoms with Crippen LogP contribution in [-0.4, -0.2) is 25.3 Å². The Hall–Kier alpha value is -0.0800. The minimum atomic E-state index is -0.00381. The van der Waals surface area contributed by atoms with Gasteiger partial charge in [-0.15, -0.1) is 0 Å². The summed E-state index contributed by atoms with van der Waals surface area (Å²) in [5.41, 5.74) is -0.00381. The number of unbranched alkanes of at least 4 members (excludes halogenated alkanes) is 3. The van der Waals surface area contributed by atoms with E-state index in [0.29, 0.717) is 6.04 Å². The number of nitrogens with one attached hydrogen (secondary N) is 1. The molecule has 0 heterocycles. The molecular weight excluding hydrogens is 210 g/mol. The molecule has 17 heavy (non-hydrogen) atoms. The van der Waals surface area contributed by atoms with Crippen LogP contribution >= 0.6 is 0 Å². The van der Waals surface area contributed by atoms with Crippen molar-refractivity contribution in [1.82, 2.24) is 5.32 Å². The Kier molecular flexibility index (Phi) is 9.85. The highest BCUT2D eigenvalue weighted by Crippen LogP contribution is 2.19. The summed E-state index contributed by atoms with van der Waals surface area (Å²) >= 11 is 0. The van der Waals surface area contributed by atoms with Gasteiger partial charge in [0, 0.05) is 13.2 Å². The van der Waals surface area contributed by atoms with Crippen molar-refractivity contribution < 1.29 is 4.74 Å². The van der Waals surface area contributed by atoms with E-state index in [4.69, 9.17) is 4.74 Å². The van der Waals surface area contributed by atoms with E-state index in [1.54, 1.807) is 0 Å². The van der Waals surface area contributed by atoms with Gasteiger partial charge in [0.25, 0.3) is 0 Å². The van der Waals surface area contributed by atoms with Gasteiger partial charge < -0.3 is 10.1 Å². The van der Waals surface area contributed by atoms with Crippen LogP contribution in [0.25, 0.3) is 0 Å². The summed E-state index contributed by atoms with van der Waals surface area (Å²) in [4.78, 5) is 0. The van der Waals surface area contributed by atoms with E-state index in [0.717, 1.165) is 13.0 Å². The lowest BCUT2D eigenvalue weighted by atomic mass is 9.94. The molecule has 0 bridgehead atoms. The number of hydrogen-bond donors (Lipinski definition) is 1. The van der Waals surface area contributed by atoms with Gasteiger partial charge in [-0.25, -0.2) is 0 Å². The van der Waals surface area contributed by atoms with Crippen LogP contribution in [0.3, 0.4) is 0 Å². The SMILES string of the molecule is CCCCCCC(CC(C)(C)OC)NCCC. The molecular formula is C15H33NO. The second-order valence-electron chi connectivity index (χ2n) is 5.67. The molecule has 1 unspecified atom stereocenters. The lowest BCUT2D eigenvalue weighted by Gasteiger charge is -2.29. The molecule has 0 spiro atoms. The van der Waals surface area contributed by atoms with Gasteiger partial charge >= 0.3 is 0 Å². The van der Waals surface area contributed by atoms with E-state index in [2.05, 4.69) is 33.0 Å². The van der Waals surface area contributed by atoms with Crippen LogP contribution in [-0.2, 0) is 4.74 Å². The van der Waals surface area contributed by atoms with Crippen LogP contribution in [0.1, 0.15) is 72.6 Å². The Morgan fingerprint density at radius 2 is 1.76 bits per heavy atom. The molecule has 0 saturated heterocycles. The van der Waals surface area contributed by atoms with Crippen molar-refractivity contribution in [3.63, 3.8) is 0 Å². The highest BCUT2D eigenvalue weighted by Gasteiger charge is 2.21. The Bertz CT molecular complexity index is 168. The van der Waals surface area contributed by atoms with Gasteiger partial charge in [-0.3, -0.25) is 0 Å². The third-order valence-corrected chi connectivity index (χ3v) is 3.38. The van der Waals surface area contributed by atoms with Gasteiger partial charge in [0.2, 0.25) is 0 Å². The number of methoxy groups -OCH3 is 1. The summed E-state index contributed by atoms with van der Waals surface area (Å²) in [5.74, 6) is 0. The van der Waals surface area contributed by atoms with E-state index in [-0.39, 0.29) is 5.60 Å². The number of ether oxygens (including phenoxy) is 1. The minimum Gasteiger partial charge on any atom is -0.379 e. The Morgan fingerprint density at radius 3 is 2.29 bits per heavy atom. The molecule has 0 amide bonds. The predicted octanol–water partition coefficient (Wildman–Crippen LogP) is 4.14. The van der Waals surface area contributed by atoms with Gasteiger partial charge in [0.15, 0.2) is 0 Å². The highest BCUT2D eigenvalue weighted by atomic mass is 16.5. The topological polar surface area (TPSA) is 21.3 Å². The normalized spacial score (nSPS) is 13.9. The fourth-order valence-electron chi connectivity index (χ4n) is 2.12. The van der Waals surface area contributed by atoms with Crippen LogP contribution < -0.4 is 5.32 Å². The molecule has 0 aromatic carbocycles. The van der Waals surface area contributed by atoms with Crippen molar-refractivity contribution in [3.8, 4) is 0 Å². The minimum absolute atomic E-state index is 0.00381. The van der Waals surface area contributed by atoms with E-state index in [9.17, 15) is 0 Å². The van der Waals surface area contributed by atoms with Crippen LogP contribution in [0, 0.1) is 0 Å². The largest absolute Gasteiger partial charge is 0.379 e. The summed E-state index contributed by atoms with van der Waals surface area (Å²) in [6, 6.07) is 0.613. The van der Waals surface area contributed by atoms with Crippen molar-refractivity contribution in [2.75, 3.05) is 13.7 Å². The maximum Gasteiger partial charge on any atom is 0.0637 e. The predicted molar refractivity (Wildman–Crippen MR) is 76.5 cm³/mol. The molecule has 1 atom stereocenters. The van der Waals surface area contributed by atoms with E-state index in [1.807, 2.05) is 7.11 Å². The quantitative estimate of drug-likeness (QED) is 0.551. The molecule has 0 saturated carbocycles. The molecule has 0 radical (unpaired) electrons. The molecule has 1 N–H and O–H groups in total. The average Bonchev–Trinajstić information content (AvgIpc) is 2.31. The lowest BCUT2D eigenvalue weighted by Crippen LogP contribution is -2.38. The van der Waals surface area contributed by atoms with Gasteiger partial charge in [-0.05, 0) is 39.7 Å². The van der Waals surface area contributed by atoms with Crippen molar-refractivity contribution in [1.29, 1.82) is 0 Å². The molecule has 104 valence electrons. The monoisotopic (exact) mass is 243 g/mol.